The Kier molecular flexibility index (Phi) is 5.44. The van der Waals surface area contributed by atoms with Gasteiger partial charge in [0.1, 0.15) is 24.7 Å². The van der Waals surface area contributed by atoms with Gasteiger partial charge < -0.3 is 15.2 Å². The zero-order chi connectivity index (χ0) is 14.4. The predicted octanol–water partition coefficient (Wildman–Crippen LogP) is 3.67. The van der Waals surface area contributed by atoms with Crippen LogP contribution in [0.5, 0.6) is 11.5 Å². The summed E-state index contributed by atoms with van der Waals surface area (Å²) in [6.07, 6.45) is 0. The van der Waals surface area contributed by atoms with E-state index in [9.17, 15) is 0 Å². The first-order valence-corrected chi connectivity index (χ1v) is 7.29. The van der Waals surface area contributed by atoms with Gasteiger partial charge in [-0.3, -0.25) is 0 Å². The lowest BCUT2D eigenvalue weighted by Crippen LogP contribution is -2.10. The second-order valence-corrected chi connectivity index (χ2v) is 5.37. The molecule has 0 fully saturated rings. The fourth-order valence-corrected chi connectivity index (χ4v) is 2.14. The van der Waals surface area contributed by atoms with Gasteiger partial charge in [-0.1, -0.05) is 34.1 Å². The number of hydrogen-bond acceptors (Lipinski definition) is 3. The molecule has 0 aromatic heterocycles. The van der Waals surface area contributed by atoms with Crippen molar-refractivity contribution < 1.29 is 9.47 Å². The summed E-state index contributed by atoms with van der Waals surface area (Å²) in [5, 5.41) is 0. The Labute approximate surface area is 127 Å². The summed E-state index contributed by atoms with van der Waals surface area (Å²) < 4.78 is 12.4. The van der Waals surface area contributed by atoms with Gasteiger partial charge in [-0.25, -0.2) is 0 Å². The minimum absolute atomic E-state index is 0.500. The van der Waals surface area contributed by atoms with Crippen molar-refractivity contribution in [3.05, 3.63) is 58.1 Å². The van der Waals surface area contributed by atoms with Crippen molar-refractivity contribution in [3.8, 4) is 11.5 Å². The van der Waals surface area contributed by atoms with Gasteiger partial charge >= 0.3 is 0 Å². The number of benzene rings is 2. The number of rotatable bonds is 6. The lowest BCUT2D eigenvalue weighted by Gasteiger charge is -2.11. The molecule has 0 saturated carbocycles. The molecule has 0 aliphatic heterocycles. The number of nitrogens with two attached hydrogens (primary N) is 1. The molecule has 106 valence electrons. The van der Waals surface area contributed by atoms with E-state index in [0.717, 1.165) is 27.1 Å². The third kappa shape index (κ3) is 4.25. The minimum atomic E-state index is 0.500. The molecule has 20 heavy (non-hydrogen) atoms. The molecule has 2 N–H and O–H groups in total. The van der Waals surface area contributed by atoms with Crippen molar-refractivity contribution in [2.24, 2.45) is 5.73 Å². The number of halogens is 1. The van der Waals surface area contributed by atoms with Gasteiger partial charge in [0.05, 0.1) is 0 Å². The molecule has 2 aromatic carbocycles. The van der Waals surface area contributed by atoms with E-state index in [1.54, 1.807) is 0 Å². The van der Waals surface area contributed by atoms with Gasteiger partial charge in [0.2, 0.25) is 0 Å². The van der Waals surface area contributed by atoms with E-state index in [0.29, 0.717) is 19.8 Å². The molecule has 0 saturated heterocycles. The highest BCUT2D eigenvalue weighted by Gasteiger charge is 2.01. The second kappa shape index (κ2) is 7.31. The summed E-state index contributed by atoms with van der Waals surface area (Å²) in [7, 11) is 0. The maximum Gasteiger partial charge on any atom is 0.123 e. The first kappa shape index (κ1) is 14.9. The third-order valence-electron chi connectivity index (χ3n) is 2.89. The van der Waals surface area contributed by atoms with Crippen molar-refractivity contribution in [1.29, 1.82) is 0 Å². The van der Waals surface area contributed by atoms with E-state index in [2.05, 4.69) is 15.9 Å². The van der Waals surface area contributed by atoms with Crippen LogP contribution >= 0.6 is 15.9 Å². The first-order chi connectivity index (χ1) is 9.69. The quantitative estimate of drug-likeness (QED) is 0.819. The largest absolute Gasteiger partial charge is 0.490 e. The average molecular weight is 336 g/mol. The lowest BCUT2D eigenvalue weighted by atomic mass is 10.2. The third-order valence-corrected chi connectivity index (χ3v) is 3.39. The summed E-state index contributed by atoms with van der Waals surface area (Å²) in [6, 6.07) is 13.8. The van der Waals surface area contributed by atoms with E-state index in [-0.39, 0.29) is 0 Å². The molecular weight excluding hydrogens is 318 g/mol. The van der Waals surface area contributed by atoms with E-state index < -0.39 is 0 Å². The van der Waals surface area contributed by atoms with Crippen molar-refractivity contribution in [3.63, 3.8) is 0 Å². The summed E-state index contributed by atoms with van der Waals surface area (Å²) in [4.78, 5) is 0. The fraction of sp³-hybridized carbons (Fsp3) is 0.250. The Hall–Kier alpha value is -1.52. The van der Waals surface area contributed by atoms with Crippen LogP contribution in [0.25, 0.3) is 0 Å². The Balaban J connectivity index is 1.82. The first-order valence-electron chi connectivity index (χ1n) is 6.50. The van der Waals surface area contributed by atoms with Gasteiger partial charge in [0.25, 0.3) is 0 Å². The molecule has 2 rings (SSSR count). The predicted molar refractivity (Wildman–Crippen MR) is 84.2 cm³/mol. The van der Waals surface area contributed by atoms with Crippen LogP contribution in [0.3, 0.4) is 0 Å². The van der Waals surface area contributed by atoms with Gasteiger partial charge in [0, 0.05) is 11.0 Å². The summed E-state index contributed by atoms with van der Waals surface area (Å²) >= 11 is 3.43. The molecule has 3 nitrogen and oxygen atoms in total. The zero-order valence-corrected chi connectivity index (χ0v) is 13.0. The van der Waals surface area contributed by atoms with Crippen molar-refractivity contribution in [1.82, 2.24) is 0 Å². The highest BCUT2D eigenvalue weighted by atomic mass is 79.9. The zero-order valence-electron chi connectivity index (χ0n) is 11.4. The summed E-state index contributed by atoms with van der Waals surface area (Å²) in [6.45, 7) is 3.54. The molecule has 0 radical (unpaired) electrons. The highest BCUT2D eigenvalue weighted by Crippen LogP contribution is 2.22. The molecule has 4 heteroatoms. The smallest absolute Gasteiger partial charge is 0.123 e. The van der Waals surface area contributed by atoms with E-state index in [1.165, 1.54) is 0 Å². The molecule has 0 aliphatic carbocycles. The molecule has 0 atom stereocenters. The van der Waals surface area contributed by atoms with Crippen molar-refractivity contribution in [2.75, 3.05) is 13.2 Å². The minimum Gasteiger partial charge on any atom is -0.490 e. The summed E-state index contributed by atoms with van der Waals surface area (Å²) in [5.74, 6) is 1.70. The maximum absolute atomic E-state index is 5.72. The Morgan fingerprint density at radius 2 is 1.85 bits per heavy atom. The van der Waals surface area contributed by atoms with Gasteiger partial charge in [0.15, 0.2) is 0 Å². The van der Waals surface area contributed by atoms with Crippen LogP contribution < -0.4 is 15.2 Å². The fourth-order valence-electron chi connectivity index (χ4n) is 1.80. The normalized spacial score (nSPS) is 10.3. The molecule has 0 heterocycles. The van der Waals surface area contributed by atoms with Crippen LogP contribution in [-0.4, -0.2) is 13.2 Å². The number of hydrogen-bond donors (Lipinski definition) is 1. The van der Waals surface area contributed by atoms with Gasteiger partial charge in [-0.2, -0.15) is 0 Å². The average Bonchev–Trinajstić information content (AvgIpc) is 2.47. The topological polar surface area (TPSA) is 44.5 Å². The maximum atomic E-state index is 5.72. The Morgan fingerprint density at radius 3 is 2.65 bits per heavy atom. The molecule has 2 aromatic rings. The van der Waals surface area contributed by atoms with E-state index in [4.69, 9.17) is 15.2 Å². The van der Waals surface area contributed by atoms with Crippen LogP contribution in [0.2, 0.25) is 0 Å². The molecule has 0 spiro atoms. The van der Waals surface area contributed by atoms with Crippen molar-refractivity contribution in [2.45, 2.75) is 13.5 Å². The van der Waals surface area contributed by atoms with Crippen LogP contribution in [-0.2, 0) is 6.54 Å². The SMILES string of the molecule is Cc1ccc(Br)cc1OCCOc1cccc(CN)c1. The standard InChI is InChI=1S/C16H18BrNO2/c1-12-5-6-14(17)10-16(12)20-8-7-19-15-4-2-3-13(9-15)11-18/h2-6,9-10H,7-8,11,18H2,1H3. The van der Waals surface area contributed by atoms with Crippen LogP contribution in [0.15, 0.2) is 46.9 Å². The Morgan fingerprint density at radius 1 is 1.05 bits per heavy atom. The molecule has 0 aliphatic rings. The van der Waals surface area contributed by atoms with Crippen LogP contribution in [0, 0.1) is 6.92 Å². The van der Waals surface area contributed by atoms with E-state index >= 15 is 0 Å². The van der Waals surface area contributed by atoms with Crippen LogP contribution in [0.1, 0.15) is 11.1 Å². The summed E-state index contributed by atoms with van der Waals surface area (Å²) in [5.41, 5.74) is 7.77. The second-order valence-electron chi connectivity index (χ2n) is 4.46. The van der Waals surface area contributed by atoms with Crippen LogP contribution in [0.4, 0.5) is 0 Å². The van der Waals surface area contributed by atoms with Gasteiger partial charge in [-0.05, 0) is 42.3 Å². The molecule has 0 amide bonds. The highest BCUT2D eigenvalue weighted by molar-refractivity contribution is 9.10. The van der Waals surface area contributed by atoms with E-state index in [1.807, 2.05) is 49.4 Å². The number of aryl methyl sites for hydroxylation is 1. The lowest BCUT2D eigenvalue weighted by molar-refractivity contribution is 0.216. The van der Waals surface area contributed by atoms with Gasteiger partial charge in [-0.15, -0.1) is 0 Å². The number of ether oxygens (including phenoxy) is 2. The Bertz CT molecular complexity index is 572. The molecule has 0 unspecified atom stereocenters. The van der Waals surface area contributed by atoms with Crippen molar-refractivity contribution >= 4 is 15.9 Å². The molecular formula is C16H18BrNO2. The monoisotopic (exact) mass is 335 g/mol. The molecule has 0 bridgehead atoms.